The number of halogens is 1. The maximum absolute atomic E-state index is 6.03. The van der Waals surface area contributed by atoms with Crippen LogP contribution < -0.4 is 0 Å². The summed E-state index contributed by atoms with van der Waals surface area (Å²) in [7, 11) is 0. The Kier molecular flexibility index (Phi) is 7.32. The number of rotatable bonds is 8. The van der Waals surface area contributed by atoms with Gasteiger partial charge in [-0.05, 0) is 30.9 Å². The van der Waals surface area contributed by atoms with Gasteiger partial charge in [-0.3, -0.25) is 0 Å². The van der Waals surface area contributed by atoms with E-state index in [2.05, 4.69) is 67.6 Å². The Morgan fingerprint density at radius 2 is 1.79 bits per heavy atom. The molecule has 0 aliphatic heterocycles. The SMILES string of the molecule is CCOCCOC(C)(CI)c1ccc(C(C)C)cc1. The maximum Gasteiger partial charge on any atom is 0.0993 e. The van der Waals surface area contributed by atoms with Crippen LogP contribution in [0.1, 0.15) is 44.7 Å². The lowest BCUT2D eigenvalue weighted by Gasteiger charge is -2.29. The third-order valence-electron chi connectivity index (χ3n) is 3.30. The van der Waals surface area contributed by atoms with Crippen LogP contribution in [0, 0.1) is 0 Å². The summed E-state index contributed by atoms with van der Waals surface area (Å²) in [5.74, 6) is 0.568. The first-order valence-electron chi connectivity index (χ1n) is 6.91. The molecule has 19 heavy (non-hydrogen) atoms. The highest BCUT2D eigenvalue weighted by atomic mass is 127. The predicted octanol–water partition coefficient (Wildman–Crippen LogP) is 4.51. The summed E-state index contributed by atoms with van der Waals surface area (Å²) in [5, 5.41) is 0. The molecule has 0 aliphatic rings. The molecule has 0 fully saturated rings. The standard InChI is InChI=1S/C16H25IO2/c1-5-18-10-11-19-16(4,12-17)15-8-6-14(7-9-15)13(2)3/h6-9,13H,5,10-12H2,1-4H3. The monoisotopic (exact) mass is 376 g/mol. The van der Waals surface area contributed by atoms with E-state index < -0.39 is 0 Å². The Bertz CT molecular complexity index is 362. The molecule has 0 N–H and O–H groups in total. The summed E-state index contributed by atoms with van der Waals surface area (Å²) in [6.45, 7) is 10.6. The third-order valence-corrected chi connectivity index (χ3v) is 4.75. The largest absolute Gasteiger partial charge is 0.379 e. The second-order valence-corrected chi connectivity index (χ2v) is 5.95. The molecule has 2 nitrogen and oxygen atoms in total. The first kappa shape index (κ1) is 16.9. The minimum Gasteiger partial charge on any atom is -0.379 e. The molecule has 0 amide bonds. The van der Waals surface area contributed by atoms with Gasteiger partial charge >= 0.3 is 0 Å². The van der Waals surface area contributed by atoms with Crippen molar-refractivity contribution in [3.8, 4) is 0 Å². The van der Waals surface area contributed by atoms with Crippen LogP contribution in [0.3, 0.4) is 0 Å². The molecular weight excluding hydrogens is 351 g/mol. The highest BCUT2D eigenvalue weighted by Gasteiger charge is 2.26. The molecule has 0 aliphatic carbocycles. The topological polar surface area (TPSA) is 18.5 Å². The van der Waals surface area contributed by atoms with Crippen molar-refractivity contribution in [1.29, 1.82) is 0 Å². The van der Waals surface area contributed by atoms with Crippen molar-refractivity contribution in [2.45, 2.75) is 39.2 Å². The minimum absolute atomic E-state index is 0.229. The van der Waals surface area contributed by atoms with Gasteiger partial charge in [0.1, 0.15) is 0 Å². The third kappa shape index (κ3) is 5.04. The molecule has 1 aromatic carbocycles. The summed E-state index contributed by atoms with van der Waals surface area (Å²) >= 11 is 2.39. The molecule has 0 spiro atoms. The van der Waals surface area contributed by atoms with Crippen molar-refractivity contribution in [1.82, 2.24) is 0 Å². The second-order valence-electron chi connectivity index (χ2n) is 5.19. The van der Waals surface area contributed by atoms with Gasteiger partial charge in [-0.25, -0.2) is 0 Å². The predicted molar refractivity (Wildman–Crippen MR) is 89.2 cm³/mol. The zero-order valence-electron chi connectivity index (χ0n) is 12.4. The molecule has 1 aromatic rings. The van der Waals surface area contributed by atoms with Crippen molar-refractivity contribution >= 4 is 22.6 Å². The highest BCUT2D eigenvalue weighted by Crippen LogP contribution is 2.29. The summed E-state index contributed by atoms with van der Waals surface area (Å²) < 4.78 is 12.3. The average Bonchev–Trinajstić information content (AvgIpc) is 2.43. The van der Waals surface area contributed by atoms with Gasteiger partial charge in [0.25, 0.3) is 0 Å². The molecule has 1 atom stereocenters. The van der Waals surface area contributed by atoms with Crippen LogP contribution in [0.5, 0.6) is 0 Å². The van der Waals surface area contributed by atoms with E-state index in [1.807, 2.05) is 6.92 Å². The zero-order chi connectivity index (χ0) is 14.3. The van der Waals surface area contributed by atoms with E-state index in [0.29, 0.717) is 19.1 Å². The van der Waals surface area contributed by atoms with Gasteiger partial charge in [0.05, 0.1) is 18.8 Å². The van der Waals surface area contributed by atoms with Gasteiger partial charge in [-0.2, -0.15) is 0 Å². The fraction of sp³-hybridized carbons (Fsp3) is 0.625. The number of benzene rings is 1. The van der Waals surface area contributed by atoms with E-state index in [4.69, 9.17) is 9.47 Å². The van der Waals surface area contributed by atoms with E-state index in [9.17, 15) is 0 Å². The first-order valence-corrected chi connectivity index (χ1v) is 8.44. The Balaban J connectivity index is 2.71. The van der Waals surface area contributed by atoms with Crippen LogP contribution in [0.2, 0.25) is 0 Å². The molecule has 0 heterocycles. The second kappa shape index (κ2) is 8.22. The first-order chi connectivity index (χ1) is 9.03. The Morgan fingerprint density at radius 3 is 2.26 bits per heavy atom. The molecule has 1 rings (SSSR count). The normalized spacial score (nSPS) is 14.6. The van der Waals surface area contributed by atoms with E-state index in [1.165, 1.54) is 11.1 Å². The molecule has 0 saturated heterocycles. The zero-order valence-corrected chi connectivity index (χ0v) is 14.6. The van der Waals surface area contributed by atoms with E-state index >= 15 is 0 Å². The molecule has 0 radical (unpaired) electrons. The van der Waals surface area contributed by atoms with Crippen molar-refractivity contribution in [3.05, 3.63) is 35.4 Å². The summed E-state index contributed by atoms with van der Waals surface area (Å²) in [5.41, 5.74) is 2.38. The van der Waals surface area contributed by atoms with E-state index in [-0.39, 0.29) is 5.60 Å². The van der Waals surface area contributed by atoms with Crippen molar-refractivity contribution in [2.75, 3.05) is 24.2 Å². The summed E-state index contributed by atoms with van der Waals surface area (Å²) in [4.78, 5) is 0. The van der Waals surface area contributed by atoms with Crippen molar-refractivity contribution in [3.63, 3.8) is 0 Å². The Labute approximate surface area is 131 Å². The maximum atomic E-state index is 6.03. The van der Waals surface area contributed by atoms with Crippen LogP contribution in [0.15, 0.2) is 24.3 Å². The molecule has 0 saturated carbocycles. The van der Waals surface area contributed by atoms with Gasteiger partial charge in [0.15, 0.2) is 0 Å². The van der Waals surface area contributed by atoms with Crippen LogP contribution in [0.25, 0.3) is 0 Å². The fourth-order valence-electron chi connectivity index (χ4n) is 1.89. The van der Waals surface area contributed by atoms with Crippen molar-refractivity contribution in [2.24, 2.45) is 0 Å². The van der Waals surface area contributed by atoms with Crippen LogP contribution in [0.4, 0.5) is 0 Å². The van der Waals surface area contributed by atoms with Gasteiger partial charge in [0, 0.05) is 11.0 Å². The molecule has 108 valence electrons. The number of ether oxygens (including phenoxy) is 2. The van der Waals surface area contributed by atoms with Gasteiger partial charge < -0.3 is 9.47 Å². The van der Waals surface area contributed by atoms with Gasteiger partial charge in [0.2, 0.25) is 0 Å². The molecular formula is C16H25IO2. The van der Waals surface area contributed by atoms with Gasteiger partial charge in [-0.15, -0.1) is 0 Å². The van der Waals surface area contributed by atoms with Crippen molar-refractivity contribution < 1.29 is 9.47 Å². The summed E-state index contributed by atoms with van der Waals surface area (Å²) in [6, 6.07) is 8.79. The highest BCUT2D eigenvalue weighted by molar-refractivity contribution is 14.1. The molecule has 0 aromatic heterocycles. The number of hydrogen-bond acceptors (Lipinski definition) is 2. The Morgan fingerprint density at radius 1 is 1.16 bits per heavy atom. The molecule has 1 unspecified atom stereocenters. The molecule has 3 heteroatoms. The van der Waals surface area contributed by atoms with Crippen LogP contribution >= 0.6 is 22.6 Å². The van der Waals surface area contributed by atoms with Crippen LogP contribution in [-0.2, 0) is 15.1 Å². The average molecular weight is 376 g/mol. The lowest BCUT2D eigenvalue weighted by molar-refractivity contribution is -0.0433. The number of alkyl halides is 1. The van der Waals surface area contributed by atoms with Crippen LogP contribution in [-0.4, -0.2) is 24.2 Å². The lowest BCUT2D eigenvalue weighted by atomic mass is 9.94. The minimum atomic E-state index is -0.229. The van der Waals surface area contributed by atoms with Gasteiger partial charge in [-0.1, -0.05) is 60.7 Å². The molecule has 0 bridgehead atoms. The number of hydrogen-bond donors (Lipinski definition) is 0. The Hall–Kier alpha value is -0.130. The van der Waals surface area contributed by atoms with E-state index in [0.717, 1.165) is 11.0 Å². The quantitative estimate of drug-likeness (QED) is 0.378. The van der Waals surface area contributed by atoms with E-state index in [1.54, 1.807) is 0 Å². The smallest absolute Gasteiger partial charge is 0.0993 e. The summed E-state index contributed by atoms with van der Waals surface area (Å²) in [6.07, 6.45) is 0. The lowest BCUT2D eigenvalue weighted by Crippen LogP contribution is -2.29. The fourth-order valence-corrected chi connectivity index (χ4v) is 2.55.